The summed E-state index contributed by atoms with van der Waals surface area (Å²) in [6.45, 7) is 11.0. The van der Waals surface area contributed by atoms with Crippen LogP contribution in [0.2, 0.25) is 0 Å². The third kappa shape index (κ3) is 5.51. The second-order valence-electron chi connectivity index (χ2n) is 13.5. The van der Waals surface area contributed by atoms with E-state index in [1.807, 2.05) is 70.5 Å². The van der Waals surface area contributed by atoms with Crippen LogP contribution in [0, 0.1) is 17.8 Å². The van der Waals surface area contributed by atoms with Gasteiger partial charge in [-0.3, -0.25) is 14.4 Å². The first-order valence-corrected chi connectivity index (χ1v) is 17.8. The largest absolute Gasteiger partial charge is 0.394 e. The molecule has 7 atom stereocenters. The van der Waals surface area contributed by atoms with Gasteiger partial charge in [0.1, 0.15) is 6.04 Å². The summed E-state index contributed by atoms with van der Waals surface area (Å²) in [6, 6.07) is 18.0. The molecular weight excluding hydrogens is 595 g/mol. The van der Waals surface area contributed by atoms with Crippen LogP contribution in [0.5, 0.6) is 0 Å². The number of benzene rings is 2. The molecule has 1 saturated carbocycles. The van der Waals surface area contributed by atoms with Crippen molar-refractivity contribution in [1.82, 2.24) is 14.7 Å². The second kappa shape index (κ2) is 13.8. The lowest BCUT2D eigenvalue weighted by Gasteiger charge is -2.44. The van der Waals surface area contributed by atoms with Gasteiger partial charge < -0.3 is 19.8 Å². The summed E-state index contributed by atoms with van der Waals surface area (Å²) in [5.74, 6) is -1.51. The van der Waals surface area contributed by atoms with E-state index in [2.05, 4.69) is 20.1 Å². The quantitative estimate of drug-likeness (QED) is 0.305. The van der Waals surface area contributed by atoms with Crippen molar-refractivity contribution in [2.75, 3.05) is 19.7 Å². The van der Waals surface area contributed by atoms with E-state index in [0.717, 1.165) is 49.7 Å². The number of rotatable bonds is 12. The minimum absolute atomic E-state index is 0.0356. The monoisotopic (exact) mass is 641 g/mol. The molecule has 3 saturated heterocycles. The number of carbonyl (C=O) groups is 3. The van der Waals surface area contributed by atoms with Crippen LogP contribution in [0.3, 0.4) is 0 Å². The summed E-state index contributed by atoms with van der Waals surface area (Å²) < 4.78 is -0.776. The maximum absolute atomic E-state index is 15.1. The lowest BCUT2D eigenvalue weighted by atomic mass is 9.65. The molecule has 0 radical (unpaired) electrons. The van der Waals surface area contributed by atoms with Gasteiger partial charge >= 0.3 is 0 Å². The molecule has 8 heteroatoms. The molecule has 2 bridgehead atoms. The first kappa shape index (κ1) is 32.6. The second-order valence-corrected chi connectivity index (χ2v) is 15.0. The lowest BCUT2D eigenvalue weighted by molar-refractivity contribution is -0.148. The molecule has 3 amide bonds. The van der Waals surface area contributed by atoms with Crippen molar-refractivity contribution < 1.29 is 19.5 Å². The number of aliphatic hydroxyl groups excluding tert-OH is 1. The average Bonchev–Trinajstić information content (AvgIpc) is 3.68. The van der Waals surface area contributed by atoms with Crippen molar-refractivity contribution in [3.8, 4) is 0 Å². The Bertz CT molecular complexity index is 1430. The van der Waals surface area contributed by atoms with Gasteiger partial charge in [-0.2, -0.15) is 0 Å². The van der Waals surface area contributed by atoms with Gasteiger partial charge in [-0.1, -0.05) is 99.0 Å². The Morgan fingerprint density at radius 1 is 1.00 bits per heavy atom. The van der Waals surface area contributed by atoms with Crippen molar-refractivity contribution in [3.05, 3.63) is 97.1 Å². The van der Waals surface area contributed by atoms with Crippen molar-refractivity contribution in [2.24, 2.45) is 17.8 Å². The van der Waals surface area contributed by atoms with E-state index in [4.69, 9.17) is 0 Å². The van der Waals surface area contributed by atoms with Gasteiger partial charge in [0.25, 0.3) is 0 Å². The molecule has 46 heavy (non-hydrogen) atoms. The number of thioether (sulfide) groups is 1. The predicted octanol–water partition coefficient (Wildman–Crippen LogP) is 5.62. The highest BCUT2D eigenvalue weighted by molar-refractivity contribution is 8.02. The highest BCUT2D eigenvalue weighted by Crippen LogP contribution is 2.69. The average molecular weight is 642 g/mol. The van der Waals surface area contributed by atoms with Gasteiger partial charge in [-0.25, -0.2) is 0 Å². The molecule has 7 nitrogen and oxygen atoms in total. The zero-order valence-electron chi connectivity index (χ0n) is 26.9. The topological polar surface area (TPSA) is 81.2 Å². The molecule has 3 heterocycles. The number of nitrogens with zero attached hydrogens (tertiary/aromatic N) is 3. The highest BCUT2D eigenvalue weighted by atomic mass is 32.2. The maximum Gasteiger partial charge on any atom is 0.247 e. The Balaban J connectivity index is 1.44. The predicted molar refractivity (Wildman–Crippen MR) is 183 cm³/mol. The van der Waals surface area contributed by atoms with Crippen LogP contribution in [0.25, 0.3) is 0 Å². The standard InChI is InChI=1S/C38H47N3O4S/c1-4-21-39(24-27-15-9-6-10-16-27)35(43)32-31-23-26(3)38(46-31)33(32)36(44)41(30(25-42)28-17-11-7-12-18-28)34(38)37(45)40(22-5-2)29-19-13-8-14-20-29/h4-7,9-12,15-18,26,29-34,42H,1-2,8,13-14,19-25H2,3H3/t26?,30-,31+,32-,33+,34?,38?/m1/s1. The summed E-state index contributed by atoms with van der Waals surface area (Å²) in [4.78, 5) is 50.3. The molecule has 1 spiro atoms. The van der Waals surface area contributed by atoms with Gasteiger partial charge in [0.05, 0.1) is 29.2 Å². The summed E-state index contributed by atoms with van der Waals surface area (Å²) in [5, 5.41) is 10.8. The maximum atomic E-state index is 15.1. The molecule has 3 aliphatic heterocycles. The lowest BCUT2D eigenvalue weighted by Crippen LogP contribution is -2.59. The van der Waals surface area contributed by atoms with Crippen LogP contribution in [0.4, 0.5) is 0 Å². The molecule has 4 fully saturated rings. The van der Waals surface area contributed by atoms with Crippen LogP contribution in [-0.4, -0.2) is 79.3 Å². The number of aliphatic hydroxyl groups is 1. The first-order chi connectivity index (χ1) is 22.4. The van der Waals surface area contributed by atoms with Crippen LogP contribution in [0.1, 0.15) is 62.6 Å². The Labute approximate surface area is 277 Å². The molecule has 6 rings (SSSR count). The minimum Gasteiger partial charge on any atom is -0.394 e. The zero-order valence-corrected chi connectivity index (χ0v) is 27.7. The third-order valence-electron chi connectivity index (χ3n) is 10.9. The molecule has 0 aromatic heterocycles. The molecular formula is C38H47N3O4S. The van der Waals surface area contributed by atoms with Crippen LogP contribution < -0.4 is 0 Å². The summed E-state index contributed by atoms with van der Waals surface area (Å²) in [7, 11) is 0. The van der Waals surface area contributed by atoms with E-state index < -0.39 is 28.7 Å². The Morgan fingerprint density at radius 2 is 1.65 bits per heavy atom. The van der Waals surface area contributed by atoms with Crippen molar-refractivity contribution in [2.45, 2.75) is 80.1 Å². The van der Waals surface area contributed by atoms with Crippen LogP contribution >= 0.6 is 11.8 Å². The fourth-order valence-corrected chi connectivity index (χ4v) is 11.3. The van der Waals surface area contributed by atoms with Gasteiger partial charge in [0.2, 0.25) is 17.7 Å². The van der Waals surface area contributed by atoms with Crippen LogP contribution in [0.15, 0.2) is 86.0 Å². The number of amides is 3. The van der Waals surface area contributed by atoms with E-state index in [1.165, 1.54) is 0 Å². The molecule has 2 aromatic carbocycles. The smallest absolute Gasteiger partial charge is 0.247 e. The van der Waals surface area contributed by atoms with E-state index in [9.17, 15) is 9.90 Å². The molecule has 1 aliphatic carbocycles. The number of hydrogen-bond donors (Lipinski definition) is 1. The molecule has 2 aromatic rings. The molecule has 4 aliphatic rings. The Kier molecular flexibility index (Phi) is 9.76. The SMILES string of the molecule is C=CCN(Cc1ccccc1)C(=O)[C@@H]1[C@@H]2CC(C)C3(S2)C(C(=O)N(CC=C)C2CCCCC2)N([C@H](CO)c2ccccc2)C(=O)[C@H]13. The van der Waals surface area contributed by atoms with Crippen molar-refractivity contribution in [1.29, 1.82) is 0 Å². The summed E-state index contributed by atoms with van der Waals surface area (Å²) in [6.07, 6.45) is 9.45. The van der Waals surface area contributed by atoms with Crippen LogP contribution in [-0.2, 0) is 20.9 Å². The summed E-state index contributed by atoms with van der Waals surface area (Å²) in [5.41, 5.74) is 1.80. The Hall–Kier alpha value is -3.36. The number of hydrogen-bond acceptors (Lipinski definition) is 5. The van der Waals surface area contributed by atoms with Gasteiger partial charge in [-0.15, -0.1) is 24.9 Å². The third-order valence-corrected chi connectivity index (χ3v) is 13.0. The van der Waals surface area contributed by atoms with Gasteiger partial charge in [0, 0.05) is 30.9 Å². The van der Waals surface area contributed by atoms with Crippen molar-refractivity contribution in [3.63, 3.8) is 0 Å². The molecule has 244 valence electrons. The Morgan fingerprint density at radius 3 is 2.28 bits per heavy atom. The van der Waals surface area contributed by atoms with E-state index in [0.29, 0.717) is 19.6 Å². The number of likely N-dealkylation sites (tertiary alicyclic amines) is 1. The van der Waals surface area contributed by atoms with Gasteiger partial charge in [0.15, 0.2) is 0 Å². The number of carbonyl (C=O) groups excluding carboxylic acids is 3. The van der Waals surface area contributed by atoms with E-state index >= 15 is 9.59 Å². The highest BCUT2D eigenvalue weighted by Gasteiger charge is 2.77. The van der Waals surface area contributed by atoms with Crippen molar-refractivity contribution >= 4 is 29.5 Å². The first-order valence-electron chi connectivity index (χ1n) is 16.9. The summed E-state index contributed by atoms with van der Waals surface area (Å²) >= 11 is 1.69. The normalized spacial score (nSPS) is 29.3. The van der Waals surface area contributed by atoms with E-state index in [-0.39, 0.29) is 41.5 Å². The van der Waals surface area contributed by atoms with E-state index in [1.54, 1.807) is 28.8 Å². The molecule has 1 N–H and O–H groups in total. The fourth-order valence-electron chi connectivity index (χ4n) is 8.90. The number of fused-ring (bicyclic) bond motifs is 1. The molecule has 3 unspecified atom stereocenters. The zero-order chi connectivity index (χ0) is 32.4. The van der Waals surface area contributed by atoms with Gasteiger partial charge in [-0.05, 0) is 36.3 Å². The minimum atomic E-state index is -0.797. The fraction of sp³-hybridized carbons (Fsp3) is 0.500.